The molecule has 4 aliphatic rings. The van der Waals surface area contributed by atoms with Crippen LogP contribution in [0.15, 0.2) is 58.9 Å². The predicted octanol–water partition coefficient (Wildman–Crippen LogP) is 3.28. The molecule has 0 fully saturated rings. The molecular formula is C29H22O9. The molecule has 0 saturated heterocycles. The van der Waals surface area contributed by atoms with Crippen LogP contribution in [0.1, 0.15) is 68.1 Å². The average molecular weight is 514 g/mol. The number of benzene rings is 2. The minimum absolute atomic E-state index is 0.0691. The molecule has 0 bridgehead atoms. The molecule has 0 spiro atoms. The molecule has 2 aliphatic carbocycles. The number of carbonyl (C=O) groups is 5. The Hall–Kier alpha value is -4.37. The van der Waals surface area contributed by atoms with Crippen molar-refractivity contribution in [3.8, 4) is 11.5 Å². The van der Waals surface area contributed by atoms with Crippen molar-refractivity contribution in [2.45, 2.75) is 45.0 Å². The van der Waals surface area contributed by atoms with Gasteiger partial charge in [0, 0.05) is 40.7 Å². The third-order valence-corrected chi connectivity index (χ3v) is 7.75. The zero-order chi connectivity index (χ0) is 27.0. The number of ketones is 5. The van der Waals surface area contributed by atoms with E-state index in [0.29, 0.717) is 0 Å². The highest BCUT2D eigenvalue weighted by Crippen LogP contribution is 2.43. The summed E-state index contributed by atoms with van der Waals surface area (Å²) in [4.78, 5) is 66.5. The molecule has 0 amide bonds. The molecule has 192 valence electrons. The molecular weight excluding hydrogens is 492 g/mol. The SMILES string of the molecule is CC1=C2C(=O)c3c(O)cccc3C(=O)C2CC(C(=O)C2CC3=C(C(=O)c4c(O)cccc4C3=O)C(C)O2)O1. The number of Topliss-reactive ketones (excluding diaryl/α,β-unsaturated/α-hetero) is 5. The zero-order valence-corrected chi connectivity index (χ0v) is 20.4. The summed E-state index contributed by atoms with van der Waals surface area (Å²) in [5, 5.41) is 20.4. The summed E-state index contributed by atoms with van der Waals surface area (Å²) in [6.07, 6.45) is -3.41. The number of phenolic OH excluding ortho intramolecular Hbond substituents is 2. The van der Waals surface area contributed by atoms with Crippen molar-refractivity contribution in [2.75, 3.05) is 0 Å². The van der Waals surface area contributed by atoms with Crippen LogP contribution in [0.4, 0.5) is 0 Å². The number of allylic oxidation sites excluding steroid dienone is 2. The minimum atomic E-state index is -1.12. The average Bonchev–Trinajstić information content (AvgIpc) is 2.88. The molecule has 4 atom stereocenters. The van der Waals surface area contributed by atoms with Crippen LogP contribution in [-0.4, -0.2) is 57.4 Å². The van der Waals surface area contributed by atoms with E-state index in [1.807, 2.05) is 0 Å². The highest BCUT2D eigenvalue weighted by atomic mass is 16.5. The van der Waals surface area contributed by atoms with Crippen molar-refractivity contribution in [2.24, 2.45) is 5.92 Å². The summed E-state index contributed by atoms with van der Waals surface area (Å²) < 4.78 is 11.7. The number of aromatic hydroxyl groups is 2. The number of hydrogen-bond donors (Lipinski definition) is 2. The van der Waals surface area contributed by atoms with Crippen molar-refractivity contribution < 1.29 is 43.7 Å². The van der Waals surface area contributed by atoms with Crippen molar-refractivity contribution in [1.82, 2.24) is 0 Å². The predicted molar refractivity (Wildman–Crippen MR) is 130 cm³/mol. The highest BCUT2D eigenvalue weighted by Gasteiger charge is 2.49. The maximum absolute atomic E-state index is 13.6. The number of rotatable bonds is 2. The molecule has 9 nitrogen and oxygen atoms in total. The third kappa shape index (κ3) is 3.24. The summed E-state index contributed by atoms with van der Waals surface area (Å²) >= 11 is 0. The second-order valence-corrected chi connectivity index (χ2v) is 9.88. The fourth-order valence-corrected chi connectivity index (χ4v) is 6.02. The Balaban J connectivity index is 1.30. The van der Waals surface area contributed by atoms with Gasteiger partial charge in [0.25, 0.3) is 0 Å². The van der Waals surface area contributed by atoms with Gasteiger partial charge in [-0.1, -0.05) is 24.3 Å². The Morgan fingerprint density at radius 3 is 2.13 bits per heavy atom. The van der Waals surface area contributed by atoms with Gasteiger partial charge in [-0.15, -0.1) is 0 Å². The Bertz CT molecular complexity index is 1570. The van der Waals surface area contributed by atoms with E-state index in [9.17, 15) is 34.2 Å². The van der Waals surface area contributed by atoms with Gasteiger partial charge in [-0.2, -0.15) is 0 Å². The van der Waals surface area contributed by atoms with E-state index < -0.39 is 53.1 Å². The number of fused-ring (bicyclic) bond motifs is 3. The summed E-state index contributed by atoms with van der Waals surface area (Å²) in [6.45, 7) is 3.05. The van der Waals surface area contributed by atoms with Crippen LogP contribution in [0.5, 0.6) is 11.5 Å². The van der Waals surface area contributed by atoms with Crippen molar-refractivity contribution >= 4 is 28.9 Å². The van der Waals surface area contributed by atoms with E-state index in [1.54, 1.807) is 6.92 Å². The molecule has 4 unspecified atom stereocenters. The topological polar surface area (TPSA) is 144 Å². The van der Waals surface area contributed by atoms with Gasteiger partial charge in [-0.25, -0.2) is 0 Å². The highest BCUT2D eigenvalue weighted by molar-refractivity contribution is 6.28. The zero-order valence-electron chi connectivity index (χ0n) is 20.4. The summed E-state index contributed by atoms with van der Waals surface area (Å²) in [6, 6.07) is 8.53. The van der Waals surface area contributed by atoms with Gasteiger partial charge >= 0.3 is 0 Å². The molecule has 9 heteroatoms. The smallest absolute Gasteiger partial charge is 0.202 e. The molecule has 6 rings (SSSR count). The van der Waals surface area contributed by atoms with Gasteiger partial charge in [0.2, 0.25) is 5.78 Å². The Labute approximate surface area is 216 Å². The number of hydrogen-bond acceptors (Lipinski definition) is 9. The standard InChI is InChI=1S/C29H22O9/c1-11-21-15(25(32)13-5-3-7-17(30)23(13)28(21)35)9-19(37-11)27(34)20-10-16-22(12(2)38-20)29(36)24-14(26(16)33)6-4-8-18(24)31/h3-8,11,16,19-20,30-31H,9-10H2,1-2H3. The van der Waals surface area contributed by atoms with Crippen molar-refractivity contribution in [3.63, 3.8) is 0 Å². The van der Waals surface area contributed by atoms with Gasteiger partial charge in [-0.3, -0.25) is 24.0 Å². The van der Waals surface area contributed by atoms with E-state index in [1.165, 1.54) is 43.3 Å². The first-order chi connectivity index (χ1) is 18.1. The lowest BCUT2D eigenvalue weighted by molar-refractivity contribution is -0.144. The van der Waals surface area contributed by atoms with Gasteiger partial charge < -0.3 is 19.7 Å². The minimum Gasteiger partial charge on any atom is -0.507 e. The molecule has 2 aliphatic heterocycles. The lowest BCUT2D eigenvalue weighted by atomic mass is 9.72. The van der Waals surface area contributed by atoms with Crippen molar-refractivity contribution in [1.29, 1.82) is 0 Å². The first-order valence-electron chi connectivity index (χ1n) is 12.2. The fraction of sp³-hybridized carbons (Fsp3) is 0.276. The van der Waals surface area contributed by atoms with E-state index in [4.69, 9.17) is 9.47 Å². The summed E-state index contributed by atoms with van der Waals surface area (Å²) in [5.41, 5.74) is 0.386. The fourth-order valence-electron chi connectivity index (χ4n) is 6.02. The van der Waals surface area contributed by atoms with E-state index in [-0.39, 0.29) is 69.1 Å². The van der Waals surface area contributed by atoms with Crippen LogP contribution in [0.3, 0.4) is 0 Å². The molecule has 0 radical (unpaired) electrons. The molecule has 2 heterocycles. The van der Waals surface area contributed by atoms with Gasteiger partial charge in [0.05, 0.1) is 23.1 Å². The van der Waals surface area contributed by atoms with Gasteiger partial charge in [0.15, 0.2) is 29.2 Å². The second kappa shape index (κ2) is 8.32. The van der Waals surface area contributed by atoms with E-state index >= 15 is 0 Å². The first-order valence-corrected chi connectivity index (χ1v) is 12.2. The quantitative estimate of drug-likeness (QED) is 0.617. The maximum atomic E-state index is 13.6. The monoisotopic (exact) mass is 514 g/mol. The van der Waals surface area contributed by atoms with Gasteiger partial charge in [0.1, 0.15) is 23.4 Å². The van der Waals surface area contributed by atoms with Crippen molar-refractivity contribution in [3.05, 3.63) is 81.1 Å². The van der Waals surface area contributed by atoms with Crippen LogP contribution in [0.25, 0.3) is 0 Å². The Morgan fingerprint density at radius 2 is 1.45 bits per heavy atom. The molecule has 0 aromatic heterocycles. The van der Waals surface area contributed by atoms with E-state index in [0.717, 1.165) is 0 Å². The summed E-state index contributed by atoms with van der Waals surface area (Å²) in [5.74, 6) is -3.80. The van der Waals surface area contributed by atoms with Crippen LogP contribution in [0.2, 0.25) is 0 Å². The largest absolute Gasteiger partial charge is 0.507 e. The van der Waals surface area contributed by atoms with Gasteiger partial charge in [-0.05, 0) is 26.0 Å². The molecule has 38 heavy (non-hydrogen) atoms. The Kier molecular flexibility index (Phi) is 5.26. The first kappa shape index (κ1) is 24.0. The van der Waals surface area contributed by atoms with Crippen LogP contribution >= 0.6 is 0 Å². The number of carbonyl (C=O) groups excluding carboxylic acids is 5. The van der Waals surface area contributed by atoms with E-state index in [2.05, 4.69) is 0 Å². The van der Waals surface area contributed by atoms with Crippen LogP contribution in [-0.2, 0) is 14.3 Å². The lowest BCUT2D eigenvalue weighted by Crippen LogP contribution is -2.47. The number of phenols is 2. The normalized spacial score (nSPS) is 26.4. The summed E-state index contributed by atoms with van der Waals surface area (Å²) in [7, 11) is 0. The van der Waals surface area contributed by atoms with Crippen LogP contribution < -0.4 is 0 Å². The third-order valence-electron chi connectivity index (χ3n) is 7.75. The van der Waals surface area contributed by atoms with Crippen LogP contribution in [0, 0.1) is 5.92 Å². The molecule has 2 N–H and O–H groups in total. The maximum Gasteiger partial charge on any atom is 0.202 e. The molecule has 2 aromatic rings. The number of ether oxygens (including phenoxy) is 2. The second-order valence-electron chi connectivity index (χ2n) is 9.88. The molecule has 2 aromatic carbocycles. The molecule has 0 saturated carbocycles. The Morgan fingerprint density at radius 1 is 0.842 bits per heavy atom. The lowest BCUT2D eigenvalue weighted by Gasteiger charge is -2.38.